The van der Waals surface area contributed by atoms with Crippen molar-refractivity contribution in [3.63, 3.8) is 0 Å². The van der Waals surface area contributed by atoms with Gasteiger partial charge in [0.15, 0.2) is 0 Å². The van der Waals surface area contributed by atoms with Gasteiger partial charge in [-0.25, -0.2) is 4.68 Å². The summed E-state index contributed by atoms with van der Waals surface area (Å²) in [5, 5.41) is 7.09. The fraction of sp³-hybridized carbons (Fsp3) is 0.667. The molecule has 100 valence electrons. The lowest BCUT2D eigenvalue weighted by Crippen LogP contribution is -2.28. The first kappa shape index (κ1) is 13.0. The number of aromatic nitrogens is 2. The third-order valence-electron chi connectivity index (χ3n) is 3.22. The average molecular weight is 252 g/mol. The standard InChI is InChI=1S/C12H20N4O2/c1-9(6-13)12(17)15-11-2-4-14-16(11)7-10-3-5-18-8-10/h2,4,9-10H,3,5-8,13H2,1H3,(H,15,17). The lowest BCUT2D eigenvalue weighted by atomic mass is 10.1. The minimum Gasteiger partial charge on any atom is -0.381 e. The van der Waals surface area contributed by atoms with Crippen LogP contribution in [0.1, 0.15) is 13.3 Å². The highest BCUT2D eigenvalue weighted by Crippen LogP contribution is 2.17. The molecule has 2 unspecified atom stereocenters. The molecule has 3 N–H and O–H groups in total. The van der Waals surface area contributed by atoms with Crippen molar-refractivity contribution in [2.24, 2.45) is 17.6 Å². The van der Waals surface area contributed by atoms with E-state index in [9.17, 15) is 4.79 Å². The van der Waals surface area contributed by atoms with Gasteiger partial charge < -0.3 is 15.8 Å². The molecule has 2 atom stereocenters. The Labute approximate surface area is 106 Å². The second kappa shape index (κ2) is 5.97. The maximum Gasteiger partial charge on any atom is 0.229 e. The van der Waals surface area contributed by atoms with E-state index in [4.69, 9.17) is 10.5 Å². The van der Waals surface area contributed by atoms with Crippen molar-refractivity contribution in [1.29, 1.82) is 0 Å². The van der Waals surface area contributed by atoms with Crippen LogP contribution in [0.4, 0.5) is 5.82 Å². The summed E-state index contributed by atoms with van der Waals surface area (Å²) in [6.07, 6.45) is 2.74. The van der Waals surface area contributed by atoms with Crippen LogP contribution in [-0.2, 0) is 16.1 Å². The lowest BCUT2D eigenvalue weighted by molar-refractivity contribution is -0.119. The highest BCUT2D eigenvalue weighted by Gasteiger charge is 2.19. The van der Waals surface area contributed by atoms with Crippen LogP contribution in [0, 0.1) is 11.8 Å². The number of hydrogen-bond donors (Lipinski definition) is 2. The van der Waals surface area contributed by atoms with Gasteiger partial charge in [0.05, 0.1) is 12.8 Å². The van der Waals surface area contributed by atoms with Gasteiger partial charge in [-0.05, 0) is 6.42 Å². The number of rotatable bonds is 5. The zero-order chi connectivity index (χ0) is 13.0. The monoisotopic (exact) mass is 252 g/mol. The zero-order valence-electron chi connectivity index (χ0n) is 10.6. The molecule has 18 heavy (non-hydrogen) atoms. The second-order valence-electron chi connectivity index (χ2n) is 4.75. The molecule has 0 bridgehead atoms. The maximum atomic E-state index is 11.8. The largest absolute Gasteiger partial charge is 0.381 e. The van der Waals surface area contributed by atoms with Crippen molar-refractivity contribution in [3.05, 3.63) is 12.3 Å². The van der Waals surface area contributed by atoms with Gasteiger partial charge in [-0.2, -0.15) is 5.10 Å². The summed E-state index contributed by atoms with van der Waals surface area (Å²) in [4.78, 5) is 11.8. The Balaban J connectivity index is 1.96. The average Bonchev–Trinajstić information content (AvgIpc) is 3.01. The first-order valence-electron chi connectivity index (χ1n) is 6.31. The first-order valence-corrected chi connectivity index (χ1v) is 6.31. The van der Waals surface area contributed by atoms with Crippen molar-refractivity contribution in [3.8, 4) is 0 Å². The number of amides is 1. The SMILES string of the molecule is CC(CN)C(=O)Nc1ccnn1CC1CCOC1. The van der Waals surface area contributed by atoms with Crippen molar-refractivity contribution in [2.45, 2.75) is 19.9 Å². The minimum atomic E-state index is -0.192. The molecular weight excluding hydrogens is 232 g/mol. The predicted molar refractivity (Wildman–Crippen MR) is 68.0 cm³/mol. The summed E-state index contributed by atoms with van der Waals surface area (Å²) in [5.41, 5.74) is 5.47. The molecule has 1 amide bonds. The van der Waals surface area contributed by atoms with E-state index in [1.165, 1.54) is 0 Å². The van der Waals surface area contributed by atoms with E-state index in [2.05, 4.69) is 10.4 Å². The Kier molecular flexibility index (Phi) is 4.33. The van der Waals surface area contributed by atoms with Crippen LogP contribution in [0.25, 0.3) is 0 Å². The molecule has 1 fully saturated rings. The van der Waals surface area contributed by atoms with Crippen molar-refractivity contribution in [2.75, 3.05) is 25.1 Å². The maximum absolute atomic E-state index is 11.8. The van der Waals surface area contributed by atoms with Crippen LogP contribution in [0.15, 0.2) is 12.3 Å². The fourth-order valence-electron chi connectivity index (χ4n) is 1.91. The Bertz CT molecular complexity index is 399. The normalized spacial score (nSPS) is 20.9. The number of nitrogens with zero attached hydrogens (tertiary/aromatic N) is 2. The van der Waals surface area contributed by atoms with E-state index < -0.39 is 0 Å². The van der Waals surface area contributed by atoms with E-state index in [-0.39, 0.29) is 11.8 Å². The van der Waals surface area contributed by atoms with E-state index >= 15 is 0 Å². The summed E-state index contributed by atoms with van der Waals surface area (Å²) in [7, 11) is 0. The molecule has 1 saturated heterocycles. The summed E-state index contributed by atoms with van der Waals surface area (Å²) in [6.45, 7) is 4.52. The Hall–Kier alpha value is -1.40. The minimum absolute atomic E-state index is 0.0677. The van der Waals surface area contributed by atoms with Gasteiger partial charge in [0, 0.05) is 37.6 Å². The molecule has 6 heteroatoms. The number of anilines is 1. The molecule has 1 aromatic rings. The van der Waals surface area contributed by atoms with Gasteiger partial charge in [-0.1, -0.05) is 6.92 Å². The van der Waals surface area contributed by atoms with Crippen molar-refractivity contribution < 1.29 is 9.53 Å². The molecule has 0 radical (unpaired) electrons. The number of carbonyl (C=O) groups excluding carboxylic acids is 1. The van der Waals surface area contributed by atoms with Crippen molar-refractivity contribution in [1.82, 2.24) is 9.78 Å². The van der Waals surface area contributed by atoms with E-state index in [0.717, 1.165) is 32.0 Å². The van der Waals surface area contributed by atoms with Gasteiger partial charge >= 0.3 is 0 Å². The number of nitrogens with two attached hydrogens (primary N) is 1. The molecule has 0 aliphatic carbocycles. The van der Waals surface area contributed by atoms with E-state index in [1.54, 1.807) is 19.2 Å². The number of ether oxygens (including phenoxy) is 1. The molecule has 2 heterocycles. The summed E-state index contributed by atoms with van der Waals surface area (Å²) >= 11 is 0. The van der Waals surface area contributed by atoms with E-state index in [0.29, 0.717) is 12.5 Å². The molecule has 1 aliphatic heterocycles. The number of nitrogens with one attached hydrogen (secondary N) is 1. The second-order valence-corrected chi connectivity index (χ2v) is 4.75. The summed E-state index contributed by atoms with van der Waals surface area (Å²) < 4.78 is 7.16. The molecule has 0 spiro atoms. The van der Waals surface area contributed by atoms with Gasteiger partial charge in [0.1, 0.15) is 5.82 Å². The smallest absolute Gasteiger partial charge is 0.229 e. The van der Waals surface area contributed by atoms with E-state index in [1.807, 2.05) is 4.68 Å². The van der Waals surface area contributed by atoms with Crippen molar-refractivity contribution >= 4 is 11.7 Å². The summed E-state index contributed by atoms with van der Waals surface area (Å²) in [6, 6.07) is 1.80. The Morgan fingerprint density at radius 2 is 2.61 bits per heavy atom. The van der Waals surface area contributed by atoms with Crippen LogP contribution in [0.5, 0.6) is 0 Å². The Morgan fingerprint density at radius 1 is 1.78 bits per heavy atom. The molecule has 1 aliphatic rings. The van der Waals surface area contributed by atoms with Gasteiger partial charge in [0.25, 0.3) is 0 Å². The topological polar surface area (TPSA) is 82.2 Å². The fourth-order valence-corrected chi connectivity index (χ4v) is 1.91. The van der Waals surface area contributed by atoms with Crippen LogP contribution in [0.2, 0.25) is 0 Å². The zero-order valence-corrected chi connectivity index (χ0v) is 10.6. The first-order chi connectivity index (χ1) is 8.70. The third-order valence-corrected chi connectivity index (χ3v) is 3.22. The number of hydrogen-bond acceptors (Lipinski definition) is 4. The quantitative estimate of drug-likeness (QED) is 0.797. The predicted octanol–water partition coefficient (Wildman–Crippen LogP) is 0.453. The van der Waals surface area contributed by atoms with Crippen LogP contribution >= 0.6 is 0 Å². The molecule has 0 saturated carbocycles. The molecule has 6 nitrogen and oxygen atoms in total. The molecule has 1 aromatic heterocycles. The van der Waals surface area contributed by atoms with Crippen LogP contribution in [0.3, 0.4) is 0 Å². The van der Waals surface area contributed by atoms with Gasteiger partial charge in [-0.15, -0.1) is 0 Å². The van der Waals surface area contributed by atoms with Crippen LogP contribution < -0.4 is 11.1 Å². The molecule has 2 rings (SSSR count). The highest BCUT2D eigenvalue weighted by molar-refractivity contribution is 5.91. The third kappa shape index (κ3) is 3.08. The molecule has 0 aromatic carbocycles. The highest BCUT2D eigenvalue weighted by atomic mass is 16.5. The van der Waals surface area contributed by atoms with Gasteiger partial charge in [0.2, 0.25) is 5.91 Å². The lowest BCUT2D eigenvalue weighted by Gasteiger charge is -2.14. The van der Waals surface area contributed by atoms with Gasteiger partial charge in [-0.3, -0.25) is 4.79 Å². The Morgan fingerprint density at radius 3 is 3.28 bits per heavy atom. The van der Waals surface area contributed by atoms with Crippen LogP contribution in [-0.4, -0.2) is 35.4 Å². The molecular formula is C12H20N4O2. The summed E-state index contributed by atoms with van der Waals surface area (Å²) in [5.74, 6) is 0.949. The number of carbonyl (C=O) groups is 1.